The summed E-state index contributed by atoms with van der Waals surface area (Å²) in [4.78, 5) is 29.4. The van der Waals surface area contributed by atoms with E-state index in [1.807, 2.05) is 0 Å². The van der Waals surface area contributed by atoms with Crippen LogP contribution in [0.25, 0.3) is 0 Å². The number of rotatable bonds is 3. The molecule has 9 heteroatoms. The number of benzene rings is 1. The second-order valence-electron chi connectivity index (χ2n) is 2.56. The number of nitrogens with zero attached hydrogens (tertiary/aromatic N) is 2. The number of non-ortho nitro benzene ring substituents is 2. The first kappa shape index (κ1) is 14.0. The van der Waals surface area contributed by atoms with E-state index in [2.05, 4.69) is 0 Å². The first-order valence-corrected chi connectivity index (χ1v) is 3.59. The number of aromatic carboxylic acids is 1. The van der Waals surface area contributed by atoms with Crippen LogP contribution in [0.1, 0.15) is 10.4 Å². The van der Waals surface area contributed by atoms with E-state index in [9.17, 15) is 25.0 Å². The van der Waals surface area contributed by atoms with Gasteiger partial charge in [0.2, 0.25) is 0 Å². The molecule has 0 saturated heterocycles. The molecular weight excluding hydrogens is 267 g/mol. The molecule has 0 aromatic heterocycles. The standard InChI is InChI=1S/C7H4N2O6.Ni/c10-7(11)4-1-5(8(12)13)3-6(2-4)9(14)15;/h1-3H,(H,10,11);. The van der Waals surface area contributed by atoms with Crippen LogP contribution in [-0.2, 0) is 16.5 Å². The molecule has 1 aromatic carbocycles. The summed E-state index contributed by atoms with van der Waals surface area (Å²) in [7, 11) is 0. The summed E-state index contributed by atoms with van der Waals surface area (Å²) in [5, 5.41) is 29.2. The predicted octanol–water partition coefficient (Wildman–Crippen LogP) is 1.20. The van der Waals surface area contributed by atoms with Crippen LogP contribution in [0.5, 0.6) is 0 Å². The fourth-order valence-electron chi connectivity index (χ4n) is 0.929. The molecule has 0 aliphatic carbocycles. The van der Waals surface area contributed by atoms with Gasteiger partial charge < -0.3 is 5.11 Å². The van der Waals surface area contributed by atoms with Crippen molar-refractivity contribution in [3.63, 3.8) is 0 Å². The average molecular weight is 271 g/mol. The Kier molecular flexibility index (Phi) is 4.52. The summed E-state index contributed by atoms with van der Waals surface area (Å²) in [6.45, 7) is 0. The van der Waals surface area contributed by atoms with Crippen molar-refractivity contribution in [3.8, 4) is 0 Å². The minimum absolute atomic E-state index is 0. The van der Waals surface area contributed by atoms with E-state index in [1.165, 1.54) is 0 Å². The van der Waals surface area contributed by atoms with Crippen molar-refractivity contribution in [1.29, 1.82) is 0 Å². The van der Waals surface area contributed by atoms with Crippen LogP contribution in [-0.4, -0.2) is 20.9 Å². The van der Waals surface area contributed by atoms with E-state index in [0.29, 0.717) is 6.07 Å². The minimum atomic E-state index is -1.46. The Balaban J connectivity index is 0.00000225. The van der Waals surface area contributed by atoms with Gasteiger partial charge in [0.25, 0.3) is 11.4 Å². The Morgan fingerprint density at radius 1 is 1.06 bits per heavy atom. The predicted molar refractivity (Wildman–Crippen MR) is 46.7 cm³/mol. The van der Waals surface area contributed by atoms with Crippen LogP contribution >= 0.6 is 0 Å². The van der Waals surface area contributed by atoms with Crippen LogP contribution < -0.4 is 0 Å². The third-order valence-corrected chi connectivity index (χ3v) is 1.57. The molecule has 0 spiro atoms. The van der Waals surface area contributed by atoms with Gasteiger partial charge in [0.15, 0.2) is 0 Å². The number of carboxylic acid groups (broad SMARTS) is 1. The minimum Gasteiger partial charge on any atom is -0.478 e. The van der Waals surface area contributed by atoms with Gasteiger partial charge in [-0.25, -0.2) is 4.79 Å². The number of hydrogen-bond acceptors (Lipinski definition) is 5. The molecule has 1 N–H and O–H groups in total. The first-order valence-electron chi connectivity index (χ1n) is 3.59. The normalized spacial score (nSPS) is 9.00. The molecule has 1 rings (SSSR count). The molecule has 88 valence electrons. The zero-order valence-electron chi connectivity index (χ0n) is 7.43. The number of hydrogen-bond donors (Lipinski definition) is 1. The van der Waals surface area contributed by atoms with E-state index >= 15 is 0 Å². The molecule has 0 fully saturated rings. The summed E-state index contributed by atoms with van der Waals surface area (Å²) >= 11 is 0. The van der Waals surface area contributed by atoms with Crippen LogP contribution in [0.2, 0.25) is 0 Å². The van der Waals surface area contributed by atoms with E-state index in [1.54, 1.807) is 0 Å². The molecule has 8 nitrogen and oxygen atoms in total. The maximum Gasteiger partial charge on any atom is 0.336 e. The van der Waals surface area contributed by atoms with Crippen LogP contribution in [0, 0.1) is 20.2 Å². The summed E-state index contributed by atoms with van der Waals surface area (Å²) in [6.07, 6.45) is 0. The molecule has 16 heavy (non-hydrogen) atoms. The maximum atomic E-state index is 10.5. The first-order chi connectivity index (χ1) is 6.91. The molecular formula is C7H4N2NiO6. The van der Waals surface area contributed by atoms with Crippen LogP contribution in [0.3, 0.4) is 0 Å². The molecule has 0 atom stereocenters. The molecule has 0 aliphatic heterocycles. The van der Waals surface area contributed by atoms with Gasteiger partial charge in [-0.2, -0.15) is 0 Å². The van der Waals surface area contributed by atoms with Crippen molar-refractivity contribution in [2.45, 2.75) is 0 Å². The Hall–Kier alpha value is -2.02. The van der Waals surface area contributed by atoms with E-state index in [0.717, 1.165) is 12.1 Å². The smallest absolute Gasteiger partial charge is 0.336 e. The fraction of sp³-hybridized carbons (Fsp3) is 0. The van der Waals surface area contributed by atoms with E-state index in [4.69, 9.17) is 5.11 Å². The van der Waals surface area contributed by atoms with Gasteiger partial charge in [0, 0.05) is 28.6 Å². The zero-order valence-corrected chi connectivity index (χ0v) is 8.42. The van der Waals surface area contributed by atoms with Crippen molar-refractivity contribution < 1.29 is 36.2 Å². The molecule has 0 heterocycles. The molecule has 0 unspecified atom stereocenters. The Bertz CT molecular complexity index is 381. The molecule has 0 radical (unpaired) electrons. The maximum absolute atomic E-state index is 10.5. The largest absolute Gasteiger partial charge is 0.478 e. The van der Waals surface area contributed by atoms with E-state index < -0.39 is 32.8 Å². The SMILES string of the molecule is O=C(O)c1cc([N+](=O)[O-])cc([N+](=O)[O-])c1.[Ni]. The Morgan fingerprint density at radius 3 is 1.69 bits per heavy atom. The molecule has 0 bridgehead atoms. The quantitative estimate of drug-likeness (QED) is 0.500. The molecule has 0 amide bonds. The monoisotopic (exact) mass is 270 g/mol. The fourth-order valence-corrected chi connectivity index (χ4v) is 0.929. The van der Waals surface area contributed by atoms with Crippen LogP contribution in [0.15, 0.2) is 18.2 Å². The molecule has 0 aliphatic rings. The third kappa shape index (κ3) is 2.99. The summed E-state index contributed by atoms with van der Waals surface area (Å²) in [5.41, 5.74) is -1.74. The average Bonchev–Trinajstić information content (AvgIpc) is 2.16. The van der Waals surface area contributed by atoms with Gasteiger partial charge in [-0.15, -0.1) is 0 Å². The number of nitro groups is 2. The van der Waals surface area contributed by atoms with Crippen molar-refractivity contribution in [2.75, 3.05) is 0 Å². The van der Waals surface area contributed by atoms with E-state index in [-0.39, 0.29) is 16.5 Å². The third-order valence-electron chi connectivity index (χ3n) is 1.57. The van der Waals surface area contributed by atoms with Crippen molar-refractivity contribution in [1.82, 2.24) is 0 Å². The summed E-state index contributed by atoms with van der Waals surface area (Å²) in [6, 6.07) is 2.22. The molecule has 1 aromatic rings. The van der Waals surface area contributed by atoms with Crippen molar-refractivity contribution >= 4 is 17.3 Å². The zero-order chi connectivity index (χ0) is 11.6. The van der Waals surface area contributed by atoms with Gasteiger partial charge in [0.1, 0.15) is 0 Å². The molecule has 0 saturated carbocycles. The van der Waals surface area contributed by atoms with Gasteiger partial charge in [-0.1, -0.05) is 0 Å². The number of carbonyl (C=O) groups is 1. The summed E-state index contributed by atoms with van der Waals surface area (Å²) < 4.78 is 0. The van der Waals surface area contributed by atoms with Crippen molar-refractivity contribution in [3.05, 3.63) is 44.0 Å². The Labute approximate surface area is 98.1 Å². The van der Waals surface area contributed by atoms with Crippen LogP contribution in [0.4, 0.5) is 11.4 Å². The topological polar surface area (TPSA) is 124 Å². The van der Waals surface area contributed by atoms with Gasteiger partial charge in [-0.05, 0) is 0 Å². The Morgan fingerprint density at radius 2 is 1.44 bits per heavy atom. The number of carboxylic acids is 1. The second-order valence-corrected chi connectivity index (χ2v) is 2.56. The second kappa shape index (κ2) is 5.17. The van der Waals surface area contributed by atoms with Gasteiger partial charge in [-0.3, -0.25) is 20.2 Å². The number of nitro benzene ring substituents is 2. The van der Waals surface area contributed by atoms with Crippen molar-refractivity contribution in [2.24, 2.45) is 0 Å². The summed E-state index contributed by atoms with van der Waals surface area (Å²) in [5.74, 6) is -1.46. The van der Waals surface area contributed by atoms with Gasteiger partial charge >= 0.3 is 5.97 Å². The van der Waals surface area contributed by atoms with Gasteiger partial charge in [0.05, 0.1) is 21.5 Å².